The molecule has 1 unspecified atom stereocenters. The highest BCUT2D eigenvalue weighted by atomic mass is 32.2. The van der Waals surface area contributed by atoms with E-state index in [9.17, 15) is 8.42 Å². The van der Waals surface area contributed by atoms with Crippen molar-refractivity contribution in [2.45, 2.75) is 35.9 Å². The Balaban J connectivity index is 2.02. The maximum atomic E-state index is 12.9. The fraction of sp³-hybridized carbons (Fsp3) is 0.467. The van der Waals surface area contributed by atoms with Gasteiger partial charge >= 0.3 is 0 Å². The molecule has 0 aromatic carbocycles. The summed E-state index contributed by atoms with van der Waals surface area (Å²) in [5, 5.41) is 1.82. The molecule has 2 aromatic rings. The average molecular weight is 324 g/mol. The first-order valence-corrected chi connectivity index (χ1v) is 9.59. The predicted octanol–water partition coefficient (Wildman–Crippen LogP) is 3.39. The lowest BCUT2D eigenvalue weighted by molar-refractivity contribution is 0.319. The maximum Gasteiger partial charge on any atom is 0.253 e. The Kier molecular flexibility index (Phi) is 4.19. The van der Waals surface area contributed by atoms with E-state index in [1.54, 1.807) is 16.4 Å². The number of hydrogen-bond donors (Lipinski definition) is 0. The summed E-state index contributed by atoms with van der Waals surface area (Å²) < 4.78 is 30.1. The first-order chi connectivity index (χ1) is 10.1. The lowest BCUT2D eigenvalue weighted by Crippen LogP contribution is -2.35. The van der Waals surface area contributed by atoms with Crippen molar-refractivity contribution in [2.75, 3.05) is 6.54 Å². The number of thiophene rings is 1. The Labute approximate surface area is 130 Å². The zero-order valence-electron chi connectivity index (χ0n) is 12.1. The van der Waals surface area contributed by atoms with Crippen LogP contribution < -0.4 is 0 Å². The first kappa shape index (κ1) is 14.8. The molecule has 114 valence electrons. The van der Waals surface area contributed by atoms with Crippen LogP contribution in [0, 0.1) is 0 Å². The largest absolute Gasteiger partial charge is 0.353 e. The molecule has 1 saturated heterocycles. The summed E-state index contributed by atoms with van der Waals surface area (Å²) in [5.41, 5.74) is 1.08. The minimum Gasteiger partial charge on any atom is -0.353 e. The minimum atomic E-state index is -3.40. The van der Waals surface area contributed by atoms with Gasteiger partial charge < -0.3 is 4.57 Å². The van der Waals surface area contributed by atoms with Crippen LogP contribution in [0.15, 0.2) is 40.1 Å². The molecule has 0 radical (unpaired) electrons. The number of aryl methyl sites for hydroxylation is 1. The number of hydrogen-bond acceptors (Lipinski definition) is 3. The third-order valence-corrected chi connectivity index (χ3v) is 7.37. The van der Waals surface area contributed by atoms with E-state index >= 15 is 0 Å². The fourth-order valence-electron chi connectivity index (χ4n) is 3.01. The molecule has 0 aliphatic carbocycles. The van der Waals surface area contributed by atoms with E-state index in [4.69, 9.17) is 0 Å². The van der Waals surface area contributed by atoms with Gasteiger partial charge in [-0.3, -0.25) is 0 Å². The molecule has 0 amide bonds. The van der Waals surface area contributed by atoms with E-state index in [-0.39, 0.29) is 6.04 Å². The van der Waals surface area contributed by atoms with Gasteiger partial charge in [-0.25, -0.2) is 8.42 Å². The van der Waals surface area contributed by atoms with E-state index in [0.29, 0.717) is 10.8 Å². The van der Waals surface area contributed by atoms with Gasteiger partial charge in [0.2, 0.25) is 0 Å². The van der Waals surface area contributed by atoms with E-state index in [2.05, 4.69) is 0 Å². The van der Waals surface area contributed by atoms with Gasteiger partial charge in [-0.05, 0) is 36.4 Å². The van der Waals surface area contributed by atoms with Crippen molar-refractivity contribution in [3.63, 3.8) is 0 Å². The zero-order chi connectivity index (χ0) is 14.9. The van der Waals surface area contributed by atoms with Crippen molar-refractivity contribution < 1.29 is 8.42 Å². The van der Waals surface area contributed by atoms with Gasteiger partial charge in [0.15, 0.2) is 0 Å². The van der Waals surface area contributed by atoms with Crippen LogP contribution in [0.5, 0.6) is 0 Å². The molecule has 3 heterocycles. The second-order valence-electron chi connectivity index (χ2n) is 5.46. The normalized spacial score (nSPS) is 21.3. The second-order valence-corrected chi connectivity index (χ2v) is 8.52. The summed E-state index contributed by atoms with van der Waals surface area (Å²) in [7, 11) is -1.41. The number of aromatic nitrogens is 1. The van der Waals surface area contributed by atoms with Crippen LogP contribution in [0.3, 0.4) is 0 Å². The number of sulfonamides is 1. The standard InChI is InChI=1S/C15H20N2O2S2/c1-16-10-5-8-13(16)14-7-3-2-4-11-17(14)21(18,19)15-9-6-12-20-15/h5-6,8-10,12,14H,2-4,7,11H2,1H3. The molecule has 0 bridgehead atoms. The fourth-order valence-corrected chi connectivity index (χ4v) is 5.80. The quantitative estimate of drug-likeness (QED) is 0.868. The highest BCUT2D eigenvalue weighted by Crippen LogP contribution is 2.35. The van der Waals surface area contributed by atoms with E-state index < -0.39 is 10.0 Å². The van der Waals surface area contributed by atoms with Crippen LogP contribution in [-0.2, 0) is 17.1 Å². The summed E-state index contributed by atoms with van der Waals surface area (Å²) in [6.45, 7) is 0.607. The summed E-state index contributed by atoms with van der Waals surface area (Å²) >= 11 is 1.30. The molecule has 1 fully saturated rings. The van der Waals surface area contributed by atoms with E-state index in [1.165, 1.54) is 11.3 Å². The number of rotatable bonds is 3. The Bertz CT molecular complexity index is 689. The van der Waals surface area contributed by atoms with Crippen LogP contribution >= 0.6 is 11.3 Å². The van der Waals surface area contributed by atoms with Gasteiger partial charge in [-0.15, -0.1) is 11.3 Å². The SMILES string of the molecule is Cn1cccc1C1CCCCCN1S(=O)(=O)c1cccs1. The van der Waals surface area contributed by atoms with Gasteiger partial charge in [0.1, 0.15) is 4.21 Å². The third-order valence-electron chi connectivity index (χ3n) is 4.09. The van der Waals surface area contributed by atoms with Crippen molar-refractivity contribution >= 4 is 21.4 Å². The van der Waals surface area contributed by atoms with Crippen molar-refractivity contribution in [1.82, 2.24) is 8.87 Å². The molecule has 0 N–H and O–H groups in total. The summed E-state index contributed by atoms with van der Waals surface area (Å²) in [6.07, 6.45) is 5.98. The second kappa shape index (κ2) is 5.94. The molecule has 1 aliphatic rings. The molecule has 2 aromatic heterocycles. The molecule has 6 heteroatoms. The van der Waals surface area contributed by atoms with Crippen LogP contribution in [0.4, 0.5) is 0 Å². The van der Waals surface area contributed by atoms with Gasteiger partial charge in [-0.2, -0.15) is 4.31 Å². The summed E-state index contributed by atoms with van der Waals surface area (Å²) in [6, 6.07) is 7.46. The Hall–Kier alpha value is -1.11. The molecule has 1 aliphatic heterocycles. The summed E-state index contributed by atoms with van der Waals surface area (Å²) in [4.78, 5) is 0. The Morgan fingerprint density at radius 3 is 2.71 bits per heavy atom. The number of nitrogens with zero attached hydrogens (tertiary/aromatic N) is 2. The first-order valence-electron chi connectivity index (χ1n) is 7.27. The molecule has 21 heavy (non-hydrogen) atoms. The molecule has 1 atom stereocenters. The van der Waals surface area contributed by atoms with Crippen molar-refractivity contribution in [3.05, 3.63) is 41.5 Å². The minimum absolute atomic E-state index is 0.0559. The van der Waals surface area contributed by atoms with Crippen molar-refractivity contribution in [3.8, 4) is 0 Å². The van der Waals surface area contributed by atoms with Gasteiger partial charge in [-0.1, -0.05) is 18.9 Å². The predicted molar refractivity (Wildman–Crippen MR) is 84.8 cm³/mol. The molecule has 0 spiro atoms. The molecule has 4 nitrogen and oxygen atoms in total. The van der Waals surface area contributed by atoms with E-state index in [1.807, 2.05) is 35.3 Å². The Morgan fingerprint density at radius 1 is 1.19 bits per heavy atom. The lowest BCUT2D eigenvalue weighted by atomic mass is 10.1. The average Bonchev–Trinajstić information content (AvgIpc) is 3.06. The van der Waals surface area contributed by atoms with Crippen molar-refractivity contribution in [1.29, 1.82) is 0 Å². The van der Waals surface area contributed by atoms with Crippen LogP contribution in [0.25, 0.3) is 0 Å². The maximum absolute atomic E-state index is 12.9. The molecule has 0 saturated carbocycles. The molecule has 3 rings (SSSR count). The monoisotopic (exact) mass is 324 g/mol. The summed E-state index contributed by atoms with van der Waals surface area (Å²) in [5.74, 6) is 0. The smallest absolute Gasteiger partial charge is 0.253 e. The molecular formula is C15H20N2O2S2. The lowest BCUT2D eigenvalue weighted by Gasteiger charge is -2.29. The van der Waals surface area contributed by atoms with Crippen LogP contribution in [-0.4, -0.2) is 23.8 Å². The highest BCUT2D eigenvalue weighted by Gasteiger charge is 2.34. The van der Waals surface area contributed by atoms with Crippen LogP contribution in [0.2, 0.25) is 0 Å². The zero-order valence-corrected chi connectivity index (χ0v) is 13.7. The highest BCUT2D eigenvalue weighted by molar-refractivity contribution is 7.91. The Morgan fingerprint density at radius 2 is 2.05 bits per heavy atom. The van der Waals surface area contributed by atoms with Gasteiger partial charge in [0.05, 0.1) is 6.04 Å². The van der Waals surface area contributed by atoms with Crippen LogP contribution in [0.1, 0.15) is 37.4 Å². The van der Waals surface area contributed by atoms with E-state index in [0.717, 1.165) is 31.4 Å². The van der Waals surface area contributed by atoms with Crippen molar-refractivity contribution in [2.24, 2.45) is 7.05 Å². The molecular weight excluding hydrogens is 304 g/mol. The van der Waals surface area contributed by atoms with Gasteiger partial charge in [0.25, 0.3) is 10.0 Å². The third kappa shape index (κ3) is 2.80. The topological polar surface area (TPSA) is 42.3 Å². The van der Waals surface area contributed by atoms with Gasteiger partial charge in [0, 0.05) is 25.5 Å².